The van der Waals surface area contributed by atoms with E-state index < -0.39 is 0 Å². The third kappa shape index (κ3) is 3.22. The van der Waals surface area contributed by atoms with Crippen LogP contribution in [0.1, 0.15) is 16.8 Å². The molecule has 0 aliphatic carbocycles. The second-order valence-corrected chi connectivity index (χ2v) is 7.62. The Morgan fingerprint density at radius 1 is 1.04 bits per heavy atom. The van der Waals surface area contributed by atoms with Crippen LogP contribution in [0.5, 0.6) is 0 Å². The second-order valence-electron chi connectivity index (χ2n) is 5.83. The normalized spacial score (nSPS) is 14.1. The van der Waals surface area contributed by atoms with Crippen LogP contribution < -0.4 is 0 Å². The first kappa shape index (κ1) is 16.1. The number of fused-ring (bicyclic) bond motifs is 3. The summed E-state index contributed by atoms with van der Waals surface area (Å²) < 4.78 is 2.96. The lowest BCUT2D eigenvalue weighted by Gasteiger charge is -2.20. The Morgan fingerprint density at radius 3 is 2.62 bits per heavy atom. The molecule has 0 bridgehead atoms. The van der Waals surface area contributed by atoms with Crippen LogP contribution in [0.15, 0.2) is 47.1 Å². The van der Waals surface area contributed by atoms with Gasteiger partial charge in [-0.2, -0.15) is 0 Å². The van der Waals surface area contributed by atoms with E-state index >= 15 is 0 Å². The molecule has 4 nitrogen and oxygen atoms in total. The molecule has 122 valence electrons. The second kappa shape index (κ2) is 6.48. The Balaban J connectivity index is 1.71. The Morgan fingerprint density at radius 2 is 1.83 bits per heavy atom. The molecule has 1 aromatic heterocycles. The largest absolute Gasteiger partial charge is 0.289 e. The van der Waals surface area contributed by atoms with Crippen molar-refractivity contribution in [3.63, 3.8) is 0 Å². The predicted molar refractivity (Wildman–Crippen MR) is 98.5 cm³/mol. The van der Waals surface area contributed by atoms with Crippen LogP contribution in [-0.4, -0.2) is 19.9 Å². The van der Waals surface area contributed by atoms with Gasteiger partial charge in [0.15, 0.2) is 0 Å². The lowest BCUT2D eigenvalue weighted by atomic mass is 10.1. The van der Waals surface area contributed by atoms with Crippen LogP contribution in [0, 0.1) is 0 Å². The Hall–Kier alpha value is -1.40. The highest BCUT2D eigenvalue weighted by Gasteiger charge is 2.21. The van der Waals surface area contributed by atoms with E-state index in [1.807, 2.05) is 29.1 Å². The van der Waals surface area contributed by atoms with Crippen molar-refractivity contribution in [1.29, 1.82) is 0 Å². The van der Waals surface area contributed by atoms with Gasteiger partial charge in [-0.15, -0.1) is 5.10 Å². The molecule has 0 radical (unpaired) electrons. The number of aromatic nitrogens is 3. The van der Waals surface area contributed by atoms with Crippen molar-refractivity contribution in [2.45, 2.75) is 19.6 Å². The molecule has 0 amide bonds. The van der Waals surface area contributed by atoms with Crippen molar-refractivity contribution in [2.75, 3.05) is 0 Å². The summed E-state index contributed by atoms with van der Waals surface area (Å²) in [6.07, 6.45) is 1.81. The summed E-state index contributed by atoms with van der Waals surface area (Å²) in [4.78, 5) is 2.33. The predicted octanol–water partition coefficient (Wildman–Crippen LogP) is 4.85. The molecule has 7 heteroatoms. The maximum atomic E-state index is 6.13. The molecule has 4 rings (SSSR count). The average molecular weight is 424 g/mol. The standard InChI is InChI=1S/C17H13BrCl2N4/c18-13-1-2-17-12(5-13)9-23(10-16-7-21-22-24(16)17)8-11-3-14(19)6-15(20)4-11/h1-7H,8-10H2. The lowest BCUT2D eigenvalue weighted by Crippen LogP contribution is -2.21. The van der Waals surface area contributed by atoms with E-state index in [4.69, 9.17) is 23.2 Å². The highest BCUT2D eigenvalue weighted by atomic mass is 79.9. The highest BCUT2D eigenvalue weighted by Crippen LogP contribution is 2.28. The van der Waals surface area contributed by atoms with Gasteiger partial charge < -0.3 is 0 Å². The van der Waals surface area contributed by atoms with E-state index in [1.54, 1.807) is 6.07 Å². The fraction of sp³-hybridized carbons (Fsp3) is 0.176. The van der Waals surface area contributed by atoms with Crippen molar-refractivity contribution in [2.24, 2.45) is 0 Å². The molecule has 0 unspecified atom stereocenters. The van der Waals surface area contributed by atoms with Crippen LogP contribution in [0.3, 0.4) is 0 Å². The molecule has 0 spiro atoms. The van der Waals surface area contributed by atoms with E-state index in [-0.39, 0.29) is 0 Å². The number of rotatable bonds is 2. The van der Waals surface area contributed by atoms with Gasteiger partial charge in [0.1, 0.15) is 0 Å². The van der Waals surface area contributed by atoms with Gasteiger partial charge in [0, 0.05) is 34.2 Å². The van der Waals surface area contributed by atoms with Gasteiger partial charge in [0.25, 0.3) is 0 Å². The molecule has 0 atom stereocenters. The molecule has 2 heterocycles. The number of nitrogens with zero attached hydrogens (tertiary/aromatic N) is 4. The SMILES string of the molecule is Clc1cc(Cl)cc(CN2Cc3cc(Br)ccc3-n3nncc3C2)c1. The van der Waals surface area contributed by atoms with Gasteiger partial charge >= 0.3 is 0 Å². The molecule has 0 fully saturated rings. The number of benzene rings is 2. The smallest absolute Gasteiger partial charge is 0.0786 e. The van der Waals surface area contributed by atoms with E-state index in [2.05, 4.69) is 43.3 Å². The molecule has 1 aliphatic rings. The minimum atomic E-state index is 0.655. The first-order chi connectivity index (χ1) is 11.6. The highest BCUT2D eigenvalue weighted by molar-refractivity contribution is 9.10. The van der Waals surface area contributed by atoms with Gasteiger partial charge in [-0.05, 0) is 47.5 Å². The molecule has 0 N–H and O–H groups in total. The minimum absolute atomic E-state index is 0.655. The van der Waals surface area contributed by atoms with Crippen LogP contribution >= 0.6 is 39.1 Å². The summed E-state index contributed by atoms with van der Waals surface area (Å²) in [5.74, 6) is 0. The maximum absolute atomic E-state index is 6.13. The first-order valence-electron chi connectivity index (χ1n) is 7.44. The van der Waals surface area contributed by atoms with Crippen molar-refractivity contribution in [3.8, 4) is 5.69 Å². The van der Waals surface area contributed by atoms with Gasteiger partial charge in [0.2, 0.25) is 0 Å². The van der Waals surface area contributed by atoms with Crippen LogP contribution in [-0.2, 0) is 19.6 Å². The molecular weight excluding hydrogens is 411 g/mol. The van der Waals surface area contributed by atoms with Gasteiger partial charge in [-0.25, -0.2) is 4.68 Å². The summed E-state index contributed by atoms with van der Waals surface area (Å²) in [6.45, 7) is 2.31. The molecule has 0 saturated carbocycles. The van der Waals surface area contributed by atoms with Crippen molar-refractivity contribution in [3.05, 3.63) is 73.9 Å². The van der Waals surface area contributed by atoms with Gasteiger partial charge in [-0.3, -0.25) is 4.90 Å². The van der Waals surface area contributed by atoms with E-state index in [0.29, 0.717) is 10.0 Å². The van der Waals surface area contributed by atoms with E-state index in [9.17, 15) is 0 Å². The van der Waals surface area contributed by atoms with Crippen LogP contribution in [0.25, 0.3) is 5.69 Å². The monoisotopic (exact) mass is 422 g/mol. The Bertz CT molecular complexity index is 889. The van der Waals surface area contributed by atoms with Crippen molar-refractivity contribution >= 4 is 39.1 Å². The number of hydrogen-bond acceptors (Lipinski definition) is 3. The topological polar surface area (TPSA) is 34.0 Å². The fourth-order valence-corrected chi connectivity index (χ4v) is 4.03. The summed E-state index contributed by atoms with van der Waals surface area (Å²) in [6, 6.07) is 11.9. The maximum Gasteiger partial charge on any atom is 0.0786 e. The lowest BCUT2D eigenvalue weighted by molar-refractivity contribution is 0.248. The van der Waals surface area contributed by atoms with E-state index in [0.717, 1.165) is 41.1 Å². The fourth-order valence-electron chi connectivity index (χ4n) is 3.05. The molecule has 1 aliphatic heterocycles. The van der Waals surface area contributed by atoms with Crippen molar-refractivity contribution < 1.29 is 0 Å². The summed E-state index contributed by atoms with van der Waals surface area (Å²) in [7, 11) is 0. The summed E-state index contributed by atoms with van der Waals surface area (Å²) >= 11 is 15.8. The summed E-state index contributed by atoms with van der Waals surface area (Å²) in [5.41, 5.74) is 4.41. The average Bonchev–Trinajstić information content (AvgIpc) is 2.89. The van der Waals surface area contributed by atoms with Crippen LogP contribution in [0.4, 0.5) is 0 Å². The molecule has 3 aromatic rings. The molecular formula is C17H13BrCl2N4. The quantitative estimate of drug-likeness (QED) is 0.590. The third-order valence-corrected chi connectivity index (χ3v) is 4.93. The number of hydrogen-bond donors (Lipinski definition) is 0. The zero-order valence-corrected chi connectivity index (χ0v) is 15.7. The Labute approximate surface area is 158 Å². The zero-order valence-electron chi connectivity index (χ0n) is 12.6. The molecule has 2 aromatic carbocycles. The van der Waals surface area contributed by atoms with Crippen molar-refractivity contribution in [1.82, 2.24) is 19.9 Å². The molecule has 24 heavy (non-hydrogen) atoms. The van der Waals surface area contributed by atoms with Crippen LogP contribution in [0.2, 0.25) is 10.0 Å². The molecule has 0 saturated heterocycles. The first-order valence-corrected chi connectivity index (χ1v) is 8.99. The third-order valence-electron chi connectivity index (χ3n) is 4.00. The zero-order chi connectivity index (χ0) is 16.7. The Kier molecular flexibility index (Phi) is 4.35. The van der Waals surface area contributed by atoms with E-state index in [1.165, 1.54) is 5.56 Å². The van der Waals surface area contributed by atoms with Gasteiger partial charge in [-0.1, -0.05) is 44.3 Å². The minimum Gasteiger partial charge on any atom is -0.289 e. The van der Waals surface area contributed by atoms with Gasteiger partial charge in [0.05, 0.1) is 17.6 Å². The summed E-state index contributed by atoms with van der Waals surface area (Å²) in [5, 5.41) is 9.62. The number of halogens is 3.